The Hall–Kier alpha value is -2.36. The van der Waals surface area contributed by atoms with E-state index in [1.54, 1.807) is 13.2 Å². The highest BCUT2D eigenvalue weighted by Crippen LogP contribution is 2.36. The number of para-hydroxylation sites is 1. The van der Waals surface area contributed by atoms with Gasteiger partial charge in [0.2, 0.25) is 0 Å². The van der Waals surface area contributed by atoms with Crippen LogP contribution in [-0.2, 0) is 0 Å². The first-order valence-electron chi connectivity index (χ1n) is 7.61. The standard InChI is InChI=1S/C18H20N2O2/c1-22-18-15(13-21)5-4-6-16(18)14-8-11-20(12-9-14)17-7-2-3-10-19-17/h2-7,10,13-14H,8-9,11-12H2,1H3. The minimum atomic E-state index is 0.426. The van der Waals surface area contributed by atoms with Gasteiger partial charge < -0.3 is 9.64 Å². The minimum Gasteiger partial charge on any atom is -0.496 e. The van der Waals surface area contributed by atoms with E-state index in [1.807, 2.05) is 30.5 Å². The van der Waals surface area contributed by atoms with Gasteiger partial charge in [-0.15, -0.1) is 0 Å². The van der Waals surface area contributed by atoms with Gasteiger partial charge >= 0.3 is 0 Å². The van der Waals surface area contributed by atoms with Crippen molar-refractivity contribution in [3.63, 3.8) is 0 Å². The number of piperidine rings is 1. The van der Waals surface area contributed by atoms with Crippen LogP contribution in [0.4, 0.5) is 5.82 Å². The van der Waals surface area contributed by atoms with Crippen LogP contribution in [0.15, 0.2) is 42.6 Å². The average molecular weight is 296 g/mol. The fourth-order valence-corrected chi connectivity index (χ4v) is 3.18. The molecule has 1 aliphatic rings. The van der Waals surface area contributed by atoms with Crippen molar-refractivity contribution in [3.05, 3.63) is 53.7 Å². The third kappa shape index (κ3) is 2.82. The van der Waals surface area contributed by atoms with Crippen LogP contribution in [0.3, 0.4) is 0 Å². The van der Waals surface area contributed by atoms with E-state index in [-0.39, 0.29) is 0 Å². The third-order valence-electron chi connectivity index (χ3n) is 4.32. The lowest BCUT2D eigenvalue weighted by molar-refractivity contribution is 0.112. The van der Waals surface area contributed by atoms with Crippen LogP contribution in [0.5, 0.6) is 5.75 Å². The molecule has 0 bridgehead atoms. The summed E-state index contributed by atoms with van der Waals surface area (Å²) in [5.41, 5.74) is 1.78. The predicted molar refractivity (Wildman–Crippen MR) is 86.8 cm³/mol. The van der Waals surface area contributed by atoms with E-state index in [4.69, 9.17) is 4.74 Å². The Bertz CT molecular complexity index is 635. The summed E-state index contributed by atoms with van der Waals surface area (Å²) in [4.78, 5) is 17.9. The predicted octanol–water partition coefficient (Wildman–Crippen LogP) is 3.29. The molecule has 4 nitrogen and oxygen atoms in total. The fraction of sp³-hybridized carbons (Fsp3) is 0.333. The van der Waals surface area contributed by atoms with E-state index in [0.29, 0.717) is 11.5 Å². The molecule has 114 valence electrons. The second kappa shape index (κ2) is 6.60. The number of methoxy groups -OCH3 is 1. The molecule has 1 aromatic heterocycles. The van der Waals surface area contributed by atoms with Gasteiger partial charge in [0.1, 0.15) is 11.6 Å². The Labute approximate surface area is 130 Å². The van der Waals surface area contributed by atoms with Crippen LogP contribution in [-0.4, -0.2) is 31.5 Å². The van der Waals surface area contributed by atoms with E-state index >= 15 is 0 Å². The van der Waals surface area contributed by atoms with Gasteiger partial charge in [0.15, 0.2) is 6.29 Å². The summed E-state index contributed by atoms with van der Waals surface area (Å²) in [6.07, 6.45) is 4.77. The van der Waals surface area contributed by atoms with Crippen molar-refractivity contribution in [1.29, 1.82) is 0 Å². The number of aldehydes is 1. The van der Waals surface area contributed by atoms with Gasteiger partial charge in [0.05, 0.1) is 12.7 Å². The molecule has 0 atom stereocenters. The number of pyridine rings is 1. The summed E-state index contributed by atoms with van der Waals surface area (Å²) in [6, 6.07) is 11.8. The first-order chi connectivity index (χ1) is 10.8. The molecule has 3 rings (SSSR count). The lowest BCUT2D eigenvalue weighted by Gasteiger charge is -2.33. The molecule has 4 heteroatoms. The Morgan fingerprint density at radius 1 is 1.18 bits per heavy atom. The lowest BCUT2D eigenvalue weighted by Crippen LogP contribution is -2.33. The molecule has 1 aliphatic heterocycles. The summed E-state index contributed by atoms with van der Waals surface area (Å²) in [5.74, 6) is 2.19. The number of benzene rings is 1. The quantitative estimate of drug-likeness (QED) is 0.812. The molecular formula is C18H20N2O2. The number of anilines is 1. The molecule has 2 aromatic rings. The van der Waals surface area contributed by atoms with Gasteiger partial charge in [0.25, 0.3) is 0 Å². The molecule has 22 heavy (non-hydrogen) atoms. The summed E-state index contributed by atoms with van der Waals surface area (Å²) in [6.45, 7) is 1.94. The second-order valence-electron chi connectivity index (χ2n) is 5.54. The number of carbonyl (C=O) groups is 1. The zero-order valence-corrected chi connectivity index (χ0v) is 12.7. The zero-order chi connectivity index (χ0) is 15.4. The number of nitrogens with zero attached hydrogens (tertiary/aromatic N) is 2. The maximum Gasteiger partial charge on any atom is 0.153 e. The number of carbonyl (C=O) groups excluding carboxylic acids is 1. The van der Waals surface area contributed by atoms with Gasteiger partial charge in [-0.2, -0.15) is 0 Å². The average Bonchev–Trinajstić information content (AvgIpc) is 2.62. The van der Waals surface area contributed by atoms with Gasteiger partial charge in [-0.25, -0.2) is 4.98 Å². The minimum absolute atomic E-state index is 0.426. The number of rotatable bonds is 4. The highest BCUT2D eigenvalue weighted by Gasteiger charge is 2.24. The maximum atomic E-state index is 11.2. The molecule has 0 aliphatic carbocycles. The van der Waals surface area contributed by atoms with E-state index in [0.717, 1.165) is 49.3 Å². The van der Waals surface area contributed by atoms with Crippen molar-refractivity contribution in [2.75, 3.05) is 25.1 Å². The van der Waals surface area contributed by atoms with E-state index in [9.17, 15) is 4.79 Å². The monoisotopic (exact) mass is 296 g/mol. The molecule has 1 aromatic carbocycles. The molecule has 0 N–H and O–H groups in total. The maximum absolute atomic E-state index is 11.2. The van der Waals surface area contributed by atoms with Crippen molar-refractivity contribution in [1.82, 2.24) is 4.98 Å². The molecule has 0 spiro atoms. The number of aromatic nitrogens is 1. The molecule has 1 saturated heterocycles. The van der Waals surface area contributed by atoms with Crippen molar-refractivity contribution in [2.24, 2.45) is 0 Å². The molecule has 0 saturated carbocycles. The third-order valence-corrected chi connectivity index (χ3v) is 4.32. The first kappa shape index (κ1) is 14.6. The normalized spacial score (nSPS) is 15.6. The molecule has 1 fully saturated rings. The van der Waals surface area contributed by atoms with Gasteiger partial charge in [0, 0.05) is 19.3 Å². The van der Waals surface area contributed by atoms with Crippen LogP contribution in [0.1, 0.15) is 34.7 Å². The number of ether oxygens (including phenoxy) is 1. The van der Waals surface area contributed by atoms with Crippen LogP contribution in [0.25, 0.3) is 0 Å². The summed E-state index contributed by atoms with van der Waals surface area (Å²) < 4.78 is 5.47. The van der Waals surface area contributed by atoms with Crippen molar-refractivity contribution < 1.29 is 9.53 Å². The van der Waals surface area contributed by atoms with Gasteiger partial charge in [-0.05, 0) is 42.5 Å². The largest absolute Gasteiger partial charge is 0.496 e. The molecule has 2 heterocycles. The second-order valence-corrected chi connectivity index (χ2v) is 5.54. The van der Waals surface area contributed by atoms with E-state index in [2.05, 4.69) is 16.0 Å². The SMILES string of the molecule is COc1c(C=O)cccc1C1CCN(c2ccccn2)CC1. The zero-order valence-electron chi connectivity index (χ0n) is 12.7. The Morgan fingerprint density at radius 3 is 2.64 bits per heavy atom. The number of hydrogen-bond acceptors (Lipinski definition) is 4. The first-order valence-corrected chi connectivity index (χ1v) is 7.61. The van der Waals surface area contributed by atoms with Gasteiger partial charge in [-0.3, -0.25) is 4.79 Å². The molecular weight excluding hydrogens is 276 g/mol. The Balaban J connectivity index is 1.76. The summed E-state index contributed by atoms with van der Waals surface area (Å²) in [5, 5.41) is 0. The van der Waals surface area contributed by atoms with Crippen LogP contribution in [0, 0.1) is 0 Å². The van der Waals surface area contributed by atoms with Crippen molar-refractivity contribution in [2.45, 2.75) is 18.8 Å². The van der Waals surface area contributed by atoms with Crippen molar-refractivity contribution >= 4 is 12.1 Å². The lowest BCUT2D eigenvalue weighted by atomic mass is 9.88. The van der Waals surface area contributed by atoms with Crippen LogP contribution in [0.2, 0.25) is 0 Å². The number of hydrogen-bond donors (Lipinski definition) is 0. The van der Waals surface area contributed by atoms with Crippen LogP contribution < -0.4 is 9.64 Å². The molecule has 0 radical (unpaired) electrons. The highest BCUT2D eigenvalue weighted by atomic mass is 16.5. The van der Waals surface area contributed by atoms with E-state index < -0.39 is 0 Å². The molecule has 0 amide bonds. The summed E-state index contributed by atoms with van der Waals surface area (Å²) in [7, 11) is 1.63. The van der Waals surface area contributed by atoms with Gasteiger partial charge in [-0.1, -0.05) is 18.2 Å². The highest BCUT2D eigenvalue weighted by molar-refractivity contribution is 5.80. The summed E-state index contributed by atoms with van der Waals surface area (Å²) >= 11 is 0. The Morgan fingerprint density at radius 2 is 2.00 bits per heavy atom. The Kier molecular flexibility index (Phi) is 4.37. The van der Waals surface area contributed by atoms with E-state index in [1.165, 1.54) is 0 Å². The smallest absolute Gasteiger partial charge is 0.153 e. The van der Waals surface area contributed by atoms with Crippen molar-refractivity contribution in [3.8, 4) is 5.75 Å². The topological polar surface area (TPSA) is 42.4 Å². The fourth-order valence-electron chi connectivity index (χ4n) is 3.18. The van der Waals surface area contributed by atoms with Crippen LogP contribution >= 0.6 is 0 Å². The molecule has 0 unspecified atom stereocenters.